The molecule has 0 bridgehead atoms. The molecule has 1 aromatic heterocycles. The maximum atomic E-state index is 13.6. The number of halogens is 2. The summed E-state index contributed by atoms with van der Waals surface area (Å²) in [4.78, 5) is 26.2. The van der Waals surface area contributed by atoms with Crippen LogP contribution in [0.2, 0.25) is 5.02 Å². The van der Waals surface area contributed by atoms with Crippen molar-refractivity contribution in [3.05, 3.63) is 71.0 Å². The van der Waals surface area contributed by atoms with Gasteiger partial charge in [-0.1, -0.05) is 59.2 Å². The lowest BCUT2D eigenvalue weighted by molar-refractivity contribution is 0.0847. The van der Waals surface area contributed by atoms with Crippen molar-refractivity contribution in [1.29, 1.82) is 0 Å². The molecule has 0 fully saturated rings. The molecule has 0 aliphatic rings. The molecule has 2 atom stereocenters. The van der Waals surface area contributed by atoms with Crippen LogP contribution < -0.4 is 10.6 Å². The van der Waals surface area contributed by atoms with Gasteiger partial charge in [0.2, 0.25) is 0 Å². The van der Waals surface area contributed by atoms with Crippen molar-refractivity contribution in [3.63, 3.8) is 0 Å². The maximum absolute atomic E-state index is 13.6. The van der Waals surface area contributed by atoms with Crippen LogP contribution in [0.25, 0.3) is 11.3 Å². The van der Waals surface area contributed by atoms with Crippen LogP contribution in [0.15, 0.2) is 59.1 Å². The summed E-state index contributed by atoms with van der Waals surface area (Å²) in [6, 6.07) is 14.0. The third-order valence-corrected chi connectivity index (χ3v) is 5.57. The highest BCUT2D eigenvalue weighted by Crippen LogP contribution is 2.22. The Balaban J connectivity index is 1.54. The molecule has 9 nitrogen and oxygen atoms in total. The lowest BCUT2D eigenvalue weighted by Crippen LogP contribution is -2.47. The number of likely N-dealkylation sites (N-methyl/N-ethyl adjacent to an activating group) is 1. The van der Waals surface area contributed by atoms with Crippen molar-refractivity contribution in [2.45, 2.75) is 32.0 Å². The van der Waals surface area contributed by atoms with E-state index in [4.69, 9.17) is 20.9 Å². The number of carbonyl (C=O) groups is 2. The summed E-state index contributed by atoms with van der Waals surface area (Å²) in [6.45, 7) is 1.37. The molecule has 0 saturated heterocycles. The van der Waals surface area contributed by atoms with Gasteiger partial charge in [0.25, 0.3) is 0 Å². The topological polar surface area (TPSA) is 117 Å². The highest BCUT2D eigenvalue weighted by Gasteiger charge is 2.24. The number of benzene rings is 2. The van der Waals surface area contributed by atoms with Crippen LogP contribution in [0.3, 0.4) is 0 Å². The molecular formula is C24H26ClFN4O5. The van der Waals surface area contributed by atoms with Gasteiger partial charge in [0.15, 0.2) is 11.6 Å². The molecule has 2 aromatic carbocycles. The zero-order chi connectivity index (χ0) is 25.4. The zero-order valence-electron chi connectivity index (χ0n) is 19.2. The van der Waals surface area contributed by atoms with E-state index in [-0.39, 0.29) is 30.4 Å². The number of nitrogens with one attached hydrogen (secondary N) is 2. The predicted octanol–water partition coefficient (Wildman–Crippen LogP) is 4.66. The Hall–Kier alpha value is -3.63. The molecule has 0 aliphatic heterocycles. The minimum atomic E-state index is -0.797. The predicted molar refractivity (Wildman–Crippen MR) is 128 cm³/mol. The number of rotatable bonds is 9. The van der Waals surface area contributed by atoms with Gasteiger partial charge in [0.05, 0.1) is 17.2 Å². The van der Waals surface area contributed by atoms with Crippen LogP contribution >= 0.6 is 11.6 Å². The number of anilines is 1. The van der Waals surface area contributed by atoms with E-state index in [1.807, 2.05) is 30.3 Å². The van der Waals surface area contributed by atoms with Crippen molar-refractivity contribution in [2.75, 3.05) is 19.0 Å². The largest absolute Gasteiger partial charge is 0.447 e. The minimum Gasteiger partial charge on any atom is -0.447 e. The lowest BCUT2D eigenvalue weighted by atomic mass is 10.1. The van der Waals surface area contributed by atoms with Gasteiger partial charge in [-0.15, -0.1) is 0 Å². The number of ether oxygens (including phenoxy) is 1. The number of amides is 3. The van der Waals surface area contributed by atoms with E-state index in [0.29, 0.717) is 11.3 Å². The number of urea groups is 1. The quantitative estimate of drug-likeness (QED) is 0.390. The first-order valence-corrected chi connectivity index (χ1v) is 11.2. The highest BCUT2D eigenvalue weighted by atomic mass is 35.5. The molecule has 3 rings (SSSR count). The van der Waals surface area contributed by atoms with E-state index in [9.17, 15) is 19.1 Å². The fourth-order valence-corrected chi connectivity index (χ4v) is 3.46. The number of nitrogens with zero attached hydrogens (tertiary/aromatic N) is 2. The van der Waals surface area contributed by atoms with E-state index >= 15 is 0 Å². The zero-order valence-corrected chi connectivity index (χ0v) is 20.0. The monoisotopic (exact) mass is 504 g/mol. The van der Waals surface area contributed by atoms with Gasteiger partial charge in [0, 0.05) is 25.2 Å². The second kappa shape index (κ2) is 12.2. The summed E-state index contributed by atoms with van der Waals surface area (Å²) in [5.41, 5.74) is 1.21. The van der Waals surface area contributed by atoms with Gasteiger partial charge in [-0.05, 0) is 25.0 Å². The van der Waals surface area contributed by atoms with Crippen LogP contribution in [-0.2, 0) is 11.3 Å². The molecule has 3 aromatic rings. The molecule has 0 saturated carbocycles. The Morgan fingerprint density at radius 3 is 2.69 bits per heavy atom. The number of hydrogen-bond acceptors (Lipinski definition) is 6. The molecular weight excluding hydrogens is 479 g/mol. The fraction of sp³-hybridized carbons (Fsp3) is 0.292. The Morgan fingerprint density at radius 2 is 1.97 bits per heavy atom. The first kappa shape index (κ1) is 26.0. The number of aliphatic hydroxyl groups is 1. The molecule has 35 heavy (non-hydrogen) atoms. The molecule has 11 heteroatoms. The second-order valence-electron chi connectivity index (χ2n) is 7.89. The number of carbonyl (C=O) groups excluding carboxylic acids is 2. The lowest BCUT2D eigenvalue weighted by Gasteiger charge is -2.29. The van der Waals surface area contributed by atoms with Gasteiger partial charge >= 0.3 is 12.1 Å². The van der Waals surface area contributed by atoms with E-state index in [0.717, 1.165) is 5.56 Å². The summed E-state index contributed by atoms with van der Waals surface area (Å²) >= 11 is 5.93. The van der Waals surface area contributed by atoms with Crippen LogP contribution in [0.1, 0.15) is 18.9 Å². The molecule has 0 aliphatic carbocycles. The Morgan fingerprint density at radius 1 is 1.23 bits per heavy atom. The van der Waals surface area contributed by atoms with Gasteiger partial charge in [-0.3, -0.25) is 5.32 Å². The van der Waals surface area contributed by atoms with Crippen molar-refractivity contribution in [2.24, 2.45) is 0 Å². The number of aliphatic hydroxyl groups excluding tert-OH is 1. The van der Waals surface area contributed by atoms with Gasteiger partial charge in [-0.2, -0.15) is 0 Å². The summed E-state index contributed by atoms with van der Waals surface area (Å²) in [7, 11) is 1.50. The average molecular weight is 505 g/mol. The highest BCUT2D eigenvalue weighted by molar-refractivity contribution is 6.31. The third kappa shape index (κ3) is 7.43. The van der Waals surface area contributed by atoms with E-state index in [2.05, 4.69) is 15.8 Å². The van der Waals surface area contributed by atoms with E-state index in [1.165, 1.54) is 24.1 Å². The summed E-state index contributed by atoms with van der Waals surface area (Å²) < 4.78 is 24.1. The molecule has 3 amide bonds. The standard InChI is InChI=1S/C24H26ClFN4O5/c1-15(31)11-18(30(2)23(32)27-13-17-9-6-10-19(26)22(17)25)14-34-24(33)28-21-12-20(35-29-21)16-7-4-3-5-8-16/h3-10,12,15,18,31H,11,13-14H2,1-2H3,(H,27,32)(H,28,29,33)/t15-,18+/m1/s1. The fourth-order valence-electron chi connectivity index (χ4n) is 3.26. The van der Waals surface area contributed by atoms with E-state index < -0.39 is 30.1 Å². The SMILES string of the molecule is C[C@@H](O)C[C@@H](COC(=O)Nc1cc(-c2ccccc2)on1)N(C)C(=O)NCc1cccc(F)c1Cl. The van der Waals surface area contributed by atoms with Crippen molar-refractivity contribution in [3.8, 4) is 11.3 Å². The van der Waals surface area contributed by atoms with E-state index in [1.54, 1.807) is 19.1 Å². The molecule has 3 N–H and O–H groups in total. The third-order valence-electron chi connectivity index (χ3n) is 5.15. The molecule has 0 spiro atoms. The minimum absolute atomic E-state index is 0.00157. The van der Waals surface area contributed by atoms with Gasteiger partial charge < -0.3 is 24.6 Å². The molecule has 0 unspecified atom stereocenters. The first-order valence-electron chi connectivity index (χ1n) is 10.8. The second-order valence-corrected chi connectivity index (χ2v) is 8.26. The molecule has 0 radical (unpaired) electrons. The van der Waals surface area contributed by atoms with Crippen LogP contribution in [0.4, 0.5) is 19.8 Å². The molecule has 186 valence electrons. The Kier molecular flexibility index (Phi) is 9.04. The normalized spacial score (nSPS) is 12.5. The summed E-state index contributed by atoms with van der Waals surface area (Å²) in [5, 5.41) is 18.7. The number of aromatic nitrogens is 1. The van der Waals surface area contributed by atoms with Crippen LogP contribution in [-0.4, -0.2) is 53.1 Å². The number of hydrogen-bond donors (Lipinski definition) is 3. The van der Waals surface area contributed by atoms with Crippen molar-refractivity contribution < 1.29 is 28.3 Å². The van der Waals surface area contributed by atoms with Crippen LogP contribution in [0.5, 0.6) is 0 Å². The molecule has 1 heterocycles. The van der Waals surface area contributed by atoms with Crippen LogP contribution in [0, 0.1) is 5.82 Å². The smallest absolute Gasteiger partial charge is 0.412 e. The van der Waals surface area contributed by atoms with Gasteiger partial charge in [-0.25, -0.2) is 14.0 Å². The Labute approximate surface area is 206 Å². The summed E-state index contributed by atoms with van der Waals surface area (Å²) in [6.07, 6.45) is -1.41. The maximum Gasteiger partial charge on any atom is 0.412 e. The van der Waals surface area contributed by atoms with Gasteiger partial charge in [0.1, 0.15) is 12.4 Å². The average Bonchev–Trinajstić information content (AvgIpc) is 3.30. The first-order chi connectivity index (χ1) is 16.7. The van der Waals surface area contributed by atoms with Crippen molar-refractivity contribution >= 4 is 29.5 Å². The van der Waals surface area contributed by atoms with Crippen molar-refractivity contribution in [1.82, 2.24) is 15.4 Å². The Bertz CT molecular complexity index is 1140. The summed E-state index contributed by atoms with van der Waals surface area (Å²) in [5.74, 6) is 0.0582.